The van der Waals surface area contributed by atoms with Gasteiger partial charge in [0.05, 0.1) is 0 Å². The Balaban J connectivity index is 1.78. The number of nitrogen functional groups attached to an aromatic ring is 1. The Morgan fingerprint density at radius 1 is 0.857 bits per heavy atom. The van der Waals surface area contributed by atoms with E-state index in [1.807, 2.05) is 0 Å². The van der Waals surface area contributed by atoms with E-state index in [2.05, 4.69) is 33.6 Å². The molecule has 0 bridgehead atoms. The molecule has 1 aromatic heterocycles. The van der Waals surface area contributed by atoms with Crippen LogP contribution in [0.5, 0.6) is 0 Å². The lowest BCUT2D eigenvalue weighted by Crippen LogP contribution is -2.36. The fourth-order valence-electron chi connectivity index (χ4n) is 3.32. The van der Waals surface area contributed by atoms with E-state index in [0.717, 1.165) is 55.3 Å². The van der Waals surface area contributed by atoms with Gasteiger partial charge < -0.3 is 15.5 Å². The Labute approximate surface area is 127 Å². The second-order valence-corrected chi connectivity index (χ2v) is 6.77. The molecule has 0 aliphatic carbocycles. The van der Waals surface area contributed by atoms with Crippen LogP contribution in [0, 0.1) is 11.8 Å². The molecule has 2 N–H and O–H groups in total. The Morgan fingerprint density at radius 2 is 1.24 bits per heavy atom. The molecule has 0 saturated carbocycles. The second-order valence-electron chi connectivity index (χ2n) is 6.77. The highest BCUT2D eigenvalue weighted by Crippen LogP contribution is 2.33. The summed E-state index contributed by atoms with van der Waals surface area (Å²) in [5.41, 5.74) is 7.17. The third kappa shape index (κ3) is 3.06. The molecule has 0 spiro atoms. The van der Waals surface area contributed by atoms with Gasteiger partial charge in [-0.1, -0.05) is 13.8 Å². The molecule has 3 heterocycles. The Bertz CT molecular complexity index is 433. The SMILES string of the molecule is CC1CCN(c2ncnc(N3CCC(C)CC3)c2N)CC1. The summed E-state index contributed by atoms with van der Waals surface area (Å²) in [6.07, 6.45) is 6.57. The molecular formula is C16H27N5. The zero-order valence-electron chi connectivity index (χ0n) is 13.3. The number of hydrogen-bond acceptors (Lipinski definition) is 5. The largest absolute Gasteiger partial charge is 0.393 e. The van der Waals surface area contributed by atoms with Crippen LogP contribution in [0.3, 0.4) is 0 Å². The molecule has 3 rings (SSSR count). The number of hydrogen-bond donors (Lipinski definition) is 1. The Morgan fingerprint density at radius 3 is 1.62 bits per heavy atom. The normalized spacial score (nSPS) is 21.8. The van der Waals surface area contributed by atoms with Gasteiger partial charge >= 0.3 is 0 Å². The van der Waals surface area contributed by atoms with Gasteiger partial charge in [0, 0.05) is 26.2 Å². The molecule has 5 heteroatoms. The number of aromatic nitrogens is 2. The van der Waals surface area contributed by atoms with Crippen LogP contribution in [0.15, 0.2) is 6.33 Å². The molecule has 21 heavy (non-hydrogen) atoms. The van der Waals surface area contributed by atoms with Crippen LogP contribution in [0.1, 0.15) is 39.5 Å². The number of piperidine rings is 2. The first-order valence-corrected chi connectivity index (χ1v) is 8.25. The smallest absolute Gasteiger partial charge is 0.157 e. The van der Waals surface area contributed by atoms with E-state index in [-0.39, 0.29) is 0 Å². The molecule has 2 aliphatic rings. The van der Waals surface area contributed by atoms with E-state index in [0.29, 0.717) is 0 Å². The van der Waals surface area contributed by atoms with E-state index in [1.54, 1.807) is 6.33 Å². The molecule has 0 radical (unpaired) electrons. The van der Waals surface area contributed by atoms with Crippen LogP contribution in [0.4, 0.5) is 17.3 Å². The highest BCUT2D eigenvalue weighted by molar-refractivity contribution is 5.75. The highest BCUT2D eigenvalue weighted by Gasteiger charge is 2.24. The van der Waals surface area contributed by atoms with Crippen LogP contribution >= 0.6 is 0 Å². The molecule has 2 saturated heterocycles. The zero-order valence-corrected chi connectivity index (χ0v) is 13.3. The van der Waals surface area contributed by atoms with Crippen molar-refractivity contribution in [3.63, 3.8) is 0 Å². The third-order valence-electron chi connectivity index (χ3n) is 5.01. The summed E-state index contributed by atoms with van der Waals surface area (Å²) in [5, 5.41) is 0. The van der Waals surface area contributed by atoms with Gasteiger partial charge in [0.25, 0.3) is 0 Å². The minimum Gasteiger partial charge on any atom is -0.393 e. The Hall–Kier alpha value is -1.52. The van der Waals surface area contributed by atoms with Crippen molar-refractivity contribution in [2.75, 3.05) is 41.7 Å². The first-order chi connectivity index (χ1) is 10.1. The number of nitrogens with zero attached hydrogens (tertiary/aromatic N) is 4. The first kappa shape index (κ1) is 14.4. The van der Waals surface area contributed by atoms with Gasteiger partial charge in [0.15, 0.2) is 11.6 Å². The topological polar surface area (TPSA) is 58.3 Å². The molecule has 0 unspecified atom stereocenters. The van der Waals surface area contributed by atoms with Crippen LogP contribution < -0.4 is 15.5 Å². The van der Waals surface area contributed by atoms with Gasteiger partial charge in [-0.2, -0.15) is 0 Å². The summed E-state index contributed by atoms with van der Waals surface area (Å²) in [6, 6.07) is 0. The minimum absolute atomic E-state index is 0.765. The van der Waals surface area contributed by atoms with Crippen molar-refractivity contribution in [2.45, 2.75) is 39.5 Å². The van der Waals surface area contributed by atoms with Gasteiger partial charge in [-0.25, -0.2) is 9.97 Å². The molecular weight excluding hydrogens is 262 g/mol. The summed E-state index contributed by atoms with van der Waals surface area (Å²) >= 11 is 0. The number of rotatable bonds is 2. The molecule has 2 aliphatic heterocycles. The lowest BCUT2D eigenvalue weighted by Gasteiger charge is -2.35. The van der Waals surface area contributed by atoms with E-state index in [9.17, 15) is 0 Å². The monoisotopic (exact) mass is 289 g/mol. The molecule has 116 valence electrons. The van der Waals surface area contributed by atoms with Crippen LogP contribution in [-0.4, -0.2) is 36.1 Å². The zero-order chi connectivity index (χ0) is 14.8. The predicted molar refractivity (Wildman–Crippen MR) is 87.7 cm³/mol. The maximum absolute atomic E-state index is 6.41. The molecule has 0 aromatic carbocycles. The average Bonchev–Trinajstić information content (AvgIpc) is 2.50. The highest BCUT2D eigenvalue weighted by atomic mass is 15.3. The van der Waals surface area contributed by atoms with E-state index >= 15 is 0 Å². The molecule has 2 fully saturated rings. The van der Waals surface area contributed by atoms with Crippen molar-refractivity contribution in [3.05, 3.63) is 6.33 Å². The van der Waals surface area contributed by atoms with Crippen molar-refractivity contribution >= 4 is 17.3 Å². The van der Waals surface area contributed by atoms with Crippen LogP contribution in [0.25, 0.3) is 0 Å². The van der Waals surface area contributed by atoms with E-state index in [1.165, 1.54) is 25.7 Å². The molecule has 0 amide bonds. The van der Waals surface area contributed by atoms with Crippen molar-refractivity contribution < 1.29 is 0 Å². The molecule has 1 aromatic rings. The summed E-state index contributed by atoms with van der Waals surface area (Å²) in [5.74, 6) is 3.50. The maximum Gasteiger partial charge on any atom is 0.157 e. The Kier molecular flexibility index (Phi) is 4.17. The van der Waals surface area contributed by atoms with Crippen LogP contribution in [-0.2, 0) is 0 Å². The van der Waals surface area contributed by atoms with Gasteiger partial charge in [-0.05, 0) is 37.5 Å². The maximum atomic E-state index is 6.41. The van der Waals surface area contributed by atoms with E-state index < -0.39 is 0 Å². The standard InChI is InChI=1S/C16H27N5/c1-12-3-7-20(8-4-12)15-14(17)16(19-11-18-15)21-9-5-13(2)6-10-21/h11-13H,3-10,17H2,1-2H3. The molecule has 5 nitrogen and oxygen atoms in total. The number of nitrogens with two attached hydrogens (primary N) is 1. The van der Waals surface area contributed by atoms with Crippen LogP contribution in [0.2, 0.25) is 0 Å². The van der Waals surface area contributed by atoms with Gasteiger partial charge in [0.2, 0.25) is 0 Å². The first-order valence-electron chi connectivity index (χ1n) is 8.25. The van der Waals surface area contributed by atoms with Crippen molar-refractivity contribution in [1.29, 1.82) is 0 Å². The van der Waals surface area contributed by atoms with Crippen molar-refractivity contribution in [2.24, 2.45) is 11.8 Å². The average molecular weight is 289 g/mol. The second kappa shape index (κ2) is 6.08. The van der Waals surface area contributed by atoms with Gasteiger partial charge in [-0.15, -0.1) is 0 Å². The summed E-state index contributed by atoms with van der Waals surface area (Å²) < 4.78 is 0. The lowest BCUT2D eigenvalue weighted by atomic mass is 9.98. The fraction of sp³-hybridized carbons (Fsp3) is 0.750. The minimum atomic E-state index is 0.765. The lowest BCUT2D eigenvalue weighted by molar-refractivity contribution is 0.434. The van der Waals surface area contributed by atoms with Gasteiger partial charge in [-0.3, -0.25) is 0 Å². The quantitative estimate of drug-likeness (QED) is 0.906. The van der Waals surface area contributed by atoms with Gasteiger partial charge in [0.1, 0.15) is 12.0 Å². The van der Waals surface area contributed by atoms with Crippen molar-refractivity contribution in [1.82, 2.24) is 9.97 Å². The summed E-state index contributed by atoms with van der Waals surface area (Å²) in [6.45, 7) is 8.86. The number of anilines is 3. The predicted octanol–water partition coefficient (Wildman–Crippen LogP) is 2.53. The summed E-state index contributed by atoms with van der Waals surface area (Å²) in [4.78, 5) is 13.6. The fourth-order valence-corrected chi connectivity index (χ4v) is 3.32. The third-order valence-corrected chi connectivity index (χ3v) is 5.01. The summed E-state index contributed by atoms with van der Waals surface area (Å²) in [7, 11) is 0. The van der Waals surface area contributed by atoms with Crippen molar-refractivity contribution in [3.8, 4) is 0 Å². The molecule has 0 atom stereocenters. The van der Waals surface area contributed by atoms with E-state index in [4.69, 9.17) is 5.73 Å².